The molecule has 0 saturated carbocycles. The standard InChI is InChI=1S/C22H39N5O2.HI/c1-23-22(25-12-8-16-29-18-17-28-3)24-11-7-13-27-15-14-26(2)19-21(27)20-9-5-4-6-10-20;/h4-6,9-10,21H,7-8,11-19H2,1-3H3,(H2,23,24,25);1H. The molecule has 0 aliphatic carbocycles. The van der Waals surface area contributed by atoms with Crippen molar-refractivity contribution in [2.75, 3.05) is 80.3 Å². The molecule has 8 heteroatoms. The number of nitrogens with one attached hydrogen (secondary N) is 2. The van der Waals surface area contributed by atoms with Crippen molar-refractivity contribution in [2.24, 2.45) is 4.99 Å². The van der Waals surface area contributed by atoms with E-state index < -0.39 is 0 Å². The lowest BCUT2D eigenvalue weighted by Gasteiger charge is -2.40. The number of hydrogen-bond acceptors (Lipinski definition) is 5. The molecular weight excluding hydrogens is 493 g/mol. The summed E-state index contributed by atoms with van der Waals surface area (Å²) in [4.78, 5) is 9.35. The van der Waals surface area contributed by atoms with Gasteiger partial charge in [-0.3, -0.25) is 9.89 Å². The summed E-state index contributed by atoms with van der Waals surface area (Å²) < 4.78 is 10.4. The lowest BCUT2D eigenvalue weighted by atomic mass is 10.0. The van der Waals surface area contributed by atoms with Crippen LogP contribution in [0.4, 0.5) is 0 Å². The quantitative estimate of drug-likeness (QED) is 0.186. The van der Waals surface area contributed by atoms with Crippen LogP contribution >= 0.6 is 24.0 Å². The molecule has 2 N–H and O–H groups in total. The first kappa shape index (κ1) is 27.1. The summed E-state index contributed by atoms with van der Waals surface area (Å²) in [7, 11) is 5.72. The molecule has 1 saturated heterocycles. The van der Waals surface area contributed by atoms with Crippen LogP contribution in [0, 0.1) is 0 Å². The summed E-state index contributed by atoms with van der Waals surface area (Å²) in [5, 5.41) is 6.77. The molecule has 1 heterocycles. The number of halogens is 1. The molecule has 1 aliphatic heterocycles. The zero-order valence-electron chi connectivity index (χ0n) is 18.8. The van der Waals surface area contributed by atoms with E-state index in [1.54, 1.807) is 7.11 Å². The van der Waals surface area contributed by atoms with Gasteiger partial charge in [0.1, 0.15) is 0 Å². The number of likely N-dealkylation sites (N-methyl/N-ethyl adjacent to an activating group) is 1. The van der Waals surface area contributed by atoms with Crippen LogP contribution in [0.3, 0.4) is 0 Å². The van der Waals surface area contributed by atoms with Crippen molar-refractivity contribution in [2.45, 2.75) is 18.9 Å². The molecule has 1 unspecified atom stereocenters. The van der Waals surface area contributed by atoms with Gasteiger partial charge >= 0.3 is 0 Å². The van der Waals surface area contributed by atoms with Crippen molar-refractivity contribution in [3.8, 4) is 0 Å². The zero-order valence-corrected chi connectivity index (χ0v) is 21.1. The van der Waals surface area contributed by atoms with Crippen LogP contribution in [-0.2, 0) is 9.47 Å². The number of piperazine rings is 1. The van der Waals surface area contributed by atoms with Gasteiger partial charge in [0.25, 0.3) is 0 Å². The molecule has 0 spiro atoms. The normalized spacial score (nSPS) is 18.1. The van der Waals surface area contributed by atoms with Crippen LogP contribution in [0.15, 0.2) is 35.3 Å². The van der Waals surface area contributed by atoms with Crippen LogP contribution in [0.25, 0.3) is 0 Å². The molecule has 30 heavy (non-hydrogen) atoms. The van der Waals surface area contributed by atoms with Gasteiger partial charge < -0.3 is 25.0 Å². The number of nitrogens with zero attached hydrogens (tertiary/aromatic N) is 3. The largest absolute Gasteiger partial charge is 0.382 e. The topological polar surface area (TPSA) is 61.4 Å². The van der Waals surface area contributed by atoms with Crippen molar-refractivity contribution in [1.29, 1.82) is 0 Å². The molecule has 1 fully saturated rings. The van der Waals surface area contributed by atoms with Gasteiger partial charge in [-0.05, 0) is 25.5 Å². The SMILES string of the molecule is CN=C(NCCCOCCOC)NCCCN1CCN(C)CC1c1ccccc1.I. The summed E-state index contributed by atoms with van der Waals surface area (Å²) >= 11 is 0. The monoisotopic (exact) mass is 533 g/mol. The molecule has 1 aromatic carbocycles. The highest BCUT2D eigenvalue weighted by Gasteiger charge is 2.25. The van der Waals surface area contributed by atoms with Gasteiger partial charge in [-0.15, -0.1) is 24.0 Å². The van der Waals surface area contributed by atoms with E-state index in [1.165, 1.54) is 5.56 Å². The first-order valence-electron chi connectivity index (χ1n) is 10.7. The fraction of sp³-hybridized carbons (Fsp3) is 0.682. The van der Waals surface area contributed by atoms with E-state index in [2.05, 4.69) is 62.8 Å². The maximum absolute atomic E-state index is 5.48. The highest BCUT2D eigenvalue weighted by Crippen LogP contribution is 2.24. The van der Waals surface area contributed by atoms with E-state index in [1.807, 2.05) is 7.05 Å². The van der Waals surface area contributed by atoms with Crippen LogP contribution < -0.4 is 10.6 Å². The van der Waals surface area contributed by atoms with E-state index in [9.17, 15) is 0 Å². The Morgan fingerprint density at radius 3 is 2.50 bits per heavy atom. The number of aliphatic imine (C=N–C) groups is 1. The highest BCUT2D eigenvalue weighted by molar-refractivity contribution is 14.0. The number of methoxy groups -OCH3 is 1. The first-order valence-corrected chi connectivity index (χ1v) is 10.7. The van der Waals surface area contributed by atoms with Gasteiger partial charge in [0.05, 0.1) is 13.2 Å². The lowest BCUT2D eigenvalue weighted by Crippen LogP contribution is -2.47. The average molecular weight is 533 g/mol. The van der Waals surface area contributed by atoms with Gasteiger partial charge in [0, 0.05) is 66.1 Å². The Kier molecular flexibility index (Phi) is 15.1. The van der Waals surface area contributed by atoms with Crippen molar-refractivity contribution >= 4 is 29.9 Å². The third-order valence-electron chi connectivity index (χ3n) is 5.21. The van der Waals surface area contributed by atoms with E-state index in [0.29, 0.717) is 19.3 Å². The number of guanidine groups is 1. The third-order valence-corrected chi connectivity index (χ3v) is 5.21. The molecule has 1 aliphatic rings. The summed E-state index contributed by atoms with van der Waals surface area (Å²) in [6, 6.07) is 11.4. The van der Waals surface area contributed by atoms with Gasteiger partial charge in [-0.2, -0.15) is 0 Å². The first-order chi connectivity index (χ1) is 14.2. The van der Waals surface area contributed by atoms with E-state index in [0.717, 1.165) is 64.7 Å². The van der Waals surface area contributed by atoms with Gasteiger partial charge in [-0.25, -0.2) is 0 Å². The van der Waals surface area contributed by atoms with Crippen molar-refractivity contribution in [3.63, 3.8) is 0 Å². The minimum Gasteiger partial charge on any atom is -0.382 e. The molecule has 1 aromatic rings. The summed E-state index contributed by atoms with van der Waals surface area (Å²) in [5.41, 5.74) is 1.41. The van der Waals surface area contributed by atoms with Gasteiger partial charge in [-0.1, -0.05) is 30.3 Å². The Bertz CT molecular complexity index is 576. The Morgan fingerprint density at radius 1 is 1.07 bits per heavy atom. The Hall–Kier alpha value is -0.940. The van der Waals surface area contributed by atoms with Crippen molar-refractivity contribution < 1.29 is 9.47 Å². The molecule has 0 radical (unpaired) electrons. The van der Waals surface area contributed by atoms with Crippen molar-refractivity contribution in [3.05, 3.63) is 35.9 Å². The Morgan fingerprint density at radius 2 is 1.80 bits per heavy atom. The van der Waals surface area contributed by atoms with Crippen LogP contribution in [0.1, 0.15) is 24.4 Å². The predicted octanol–water partition coefficient (Wildman–Crippen LogP) is 2.20. The predicted molar refractivity (Wildman–Crippen MR) is 135 cm³/mol. The fourth-order valence-corrected chi connectivity index (χ4v) is 3.55. The number of benzene rings is 1. The Labute approximate surface area is 199 Å². The second kappa shape index (κ2) is 16.7. The molecule has 0 amide bonds. The lowest BCUT2D eigenvalue weighted by molar-refractivity contribution is 0.0698. The molecule has 2 rings (SSSR count). The molecule has 0 aromatic heterocycles. The number of ether oxygens (including phenoxy) is 2. The van der Waals surface area contributed by atoms with E-state index >= 15 is 0 Å². The van der Waals surface area contributed by atoms with E-state index in [-0.39, 0.29) is 24.0 Å². The van der Waals surface area contributed by atoms with Crippen LogP contribution in [0.2, 0.25) is 0 Å². The number of hydrogen-bond donors (Lipinski definition) is 2. The van der Waals surface area contributed by atoms with Crippen molar-refractivity contribution in [1.82, 2.24) is 20.4 Å². The smallest absolute Gasteiger partial charge is 0.190 e. The second-order valence-electron chi connectivity index (χ2n) is 7.46. The van der Waals surface area contributed by atoms with Crippen LogP contribution in [0.5, 0.6) is 0 Å². The highest BCUT2D eigenvalue weighted by atomic mass is 127. The maximum Gasteiger partial charge on any atom is 0.190 e. The molecule has 172 valence electrons. The maximum atomic E-state index is 5.48. The third kappa shape index (κ3) is 10.4. The van der Waals surface area contributed by atoms with Crippen LogP contribution in [-0.4, -0.2) is 96.1 Å². The molecule has 7 nitrogen and oxygen atoms in total. The minimum absolute atomic E-state index is 0. The molecular formula is C22H40IN5O2. The summed E-state index contributed by atoms with van der Waals surface area (Å²) in [5.74, 6) is 0.861. The fourth-order valence-electron chi connectivity index (χ4n) is 3.55. The zero-order chi connectivity index (χ0) is 20.7. The summed E-state index contributed by atoms with van der Waals surface area (Å²) in [6.45, 7) is 8.22. The second-order valence-corrected chi connectivity index (χ2v) is 7.46. The molecule has 1 atom stereocenters. The Balaban J connectivity index is 0.00000450. The van der Waals surface area contributed by atoms with E-state index in [4.69, 9.17) is 9.47 Å². The minimum atomic E-state index is 0. The van der Waals surface area contributed by atoms with Gasteiger partial charge in [0.15, 0.2) is 5.96 Å². The number of rotatable bonds is 12. The summed E-state index contributed by atoms with van der Waals surface area (Å²) in [6.07, 6.45) is 2.04. The molecule has 0 bridgehead atoms. The van der Waals surface area contributed by atoms with Gasteiger partial charge in [0.2, 0.25) is 0 Å². The average Bonchev–Trinajstić information content (AvgIpc) is 2.76.